The third-order valence-corrected chi connectivity index (χ3v) is 19.3. The van der Waals surface area contributed by atoms with E-state index in [4.69, 9.17) is 56.8 Å². The smallest absolute Gasteiger partial charge is 0.344 e. The van der Waals surface area contributed by atoms with E-state index in [1.165, 1.54) is 36.7 Å². The molecule has 0 fully saturated rings. The van der Waals surface area contributed by atoms with Gasteiger partial charge in [0.25, 0.3) is 11.8 Å². The van der Waals surface area contributed by atoms with Crippen molar-refractivity contribution in [2.45, 2.75) is 92.9 Å². The summed E-state index contributed by atoms with van der Waals surface area (Å²) in [6, 6.07) is 45.5. The van der Waals surface area contributed by atoms with Crippen molar-refractivity contribution in [1.82, 2.24) is 9.97 Å². The Labute approximate surface area is 681 Å². The standard InChI is InChI=1S/C92H90N4O22/c1-7-107-77(97)49-113-85-55-19-13-20-56(85)36-60-24-16-28-64(88(60)116-52-80(100)110-10-4)40-70-44-73(43-69(83(70)103)39-63-27-15-23-59(35-55)87(63)115-51-79(99)109-9-3)95-91(105)67-31-33-93-75(47-67)76-48-68(32-34-94-76)92(106)96-74-45-71-41-65-29-17-25-61(89(65)117-53-81(101)111-11-5)37-57-21-14-22-58(86(57)114-50-78(98)108-8-2)38-62-26-18-30-66(42-72(46-74)84(71)104)90(62)118-54-82(102)112-12-6/h13-34,43-48,103-104H,7-12,35-42,49-54H2,1-6H3,(H,95,105)(H,96,106). The Morgan fingerprint density at radius 1 is 0.280 bits per heavy atom. The predicted octanol–water partition coefficient (Wildman–Crippen LogP) is 13.1. The fourth-order valence-electron chi connectivity index (χ4n) is 14.3. The second kappa shape index (κ2) is 40.0. The number of carbonyl (C=O) groups is 8. The van der Waals surface area contributed by atoms with E-state index in [9.17, 15) is 48.6 Å². The van der Waals surface area contributed by atoms with E-state index in [0.717, 1.165) is 0 Å². The molecule has 16 bridgehead atoms. The molecule has 2 heterocycles. The average molecular weight is 1600 g/mol. The lowest BCUT2D eigenvalue weighted by atomic mass is 9.91. The molecule has 610 valence electrons. The van der Waals surface area contributed by atoms with Crippen LogP contribution in [0.4, 0.5) is 11.4 Å². The highest BCUT2D eigenvalue weighted by Gasteiger charge is 2.28. The molecule has 12 rings (SSSR count). The number of pyridine rings is 2. The lowest BCUT2D eigenvalue weighted by molar-refractivity contribution is -0.146. The van der Waals surface area contributed by atoms with Gasteiger partial charge in [-0.2, -0.15) is 0 Å². The molecule has 0 saturated carbocycles. The minimum absolute atomic E-state index is 0.0109. The summed E-state index contributed by atoms with van der Waals surface area (Å²) in [5, 5.41) is 31.3. The Kier molecular flexibility index (Phi) is 28.3. The number of nitrogens with zero attached hydrogens (tertiary/aromatic N) is 2. The van der Waals surface area contributed by atoms with Crippen LogP contribution in [0.15, 0.2) is 170 Å². The Morgan fingerprint density at radius 2 is 0.466 bits per heavy atom. The second-order valence-electron chi connectivity index (χ2n) is 27.5. The number of hydrogen-bond acceptors (Lipinski definition) is 24. The molecule has 0 spiro atoms. The van der Waals surface area contributed by atoms with Gasteiger partial charge in [0.15, 0.2) is 39.6 Å². The van der Waals surface area contributed by atoms with Crippen molar-refractivity contribution in [2.24, 2.45) is 0 Å². The van der Waals surface area contributed by atoms with Gasteiger partial charge in [0.2, 0.25) is 0 Å². The van der Waals surface area contributed by atoms with Crippen molar-refractivity contribution in [3.05, 3.63) is 270 Å². The molecular formula is C92H90N4O22. The minimum Gasteiger partial charge on any atom is -0.507 e. The van der Waals surface area contributed by atoms with Gasteiger partial charge in [-0.1, -0.05) is 109 Å². The van der Waals surface area contributed by atoms with Crippen LogP contribution < -0.4 is 39.1 Å². The van der Waals surface area contributed by atoms with E-state index in [1.54, 1.807) is 90.1 Å². The topological polar surface area (TPSA) is 338 Å². The van der Waals surface area contributed by atoms with Crippen LogP contribution in [0.3, 0.4) is 0 Å². The van der Waals surface area contributed by atoms with Crippen molar-refractivity contribution in [1.29, 1.82) is 0 Å². The molecule has 0 unspecified atom stereocenters. The maximum Gasteiger partial charge on any atom is 0.344 e. The van der Waals surface area contributed by atoms with Crippen LogP contribution in [-0.4, -0.2) is 147 Å². The van der Waals surface area contributed by atoms with E-state index >= 15 is 0 Å². The molecule has 0 aliphatic heterocycles. The first-order chi connectivity index (χ1) is 57.3. The number of amides is 2. The highest BCUT2D eigenvalue weighted by molar-refractivity contribution is 6.06. The van der Waals surface area contributed by atoms with E-state index in [0.29, 0.717) is 124 Å². The number of phenols is 2. The molecule has 26 nitrogen and oxygen atoms in total. The van der Waals surface area contributed by atoms with Gasteiger partial charge in [0.1, 0.15) is 46.0 Å². The van der Waals surface area contributed by atoms with Crippen molar-refractivity contribution in [2.75, 3.05) is 89.9 Å². The number of aromatic hydroxyl groups is 2. The summed E-state index contributed by atoms with van der Waals surface area (Å²) in [6.45, 7) is 8.18. The lowest BCUT2D eigenvalue weighted by Gasteiger charge is -2.22. The van der Waals surface area contributed by atoms with Crippen molar-refractivity contribution in [3.63, 3.8) is 0 Å². The third-order valence-electron chi connectivity index (χ3n) is 19.3. The summed E-state index contributed by atoms with van der Waals surface area (Å²) in [6.07, 6.45) is 3.46. The first-order valence-electron chi connectivity index (χ1n) is 38.9. The number of aromatic nitrogens is 2. The molecule has 0 radical (unpaired) electrons. The number of rotatable bonds is 29. The maximum atomic E-state index is 14.9. The third kappa shape index (κ3) is 21.2. The summed E-state index contributed by atoms with van der Waals surface area (Å²) >= 11 is 0. The fraction of sp³-hybridized carbons (Fsp3) is 0.283. The number of fused-ring (bicyclic) bond motifs is 16. The molecule has 8 aromatic carbocycles. The lowest BCUT2D eigenvalue weighted by Crippen LogP contribution is -2.18. The van der Waals surface area contributed by atoms with Crippen molar-refractivity contribution >= 4 is 59.0 Å². The summed E-state index contributed by atoms with van der Waals surface area (Å²) < 4.78 is 70.0. The van der Waals surface area contributed by atoms with Gasteiger partial charge in [-0.05, 0) is 157 Å². The van der Waals surface area contributed by atoms with Crippen molar-refractivity contribution < 1.29 is 105 Å². The van der Waals surface area contributed by atoms with Crippen LogP contribution in [0, 0.1) is 0 Å². The molecule has 0 atom stereocenters. The first-order valence-corrected chi connectivity index (χ1v) is 38.9. The zero-order valence-corrected chi connectivity index (χ0v) is 66.3. The highest BCUT2D eigenvalue weighted by atomic mass is 16.6. The maximum absolute atomic E-state index is 14.9. The summed E-state index contributed by atoms with van der Waals surface area (Å²) in [5.41, 5.74) is 9.78. The summed E-state index contributed by atoms with van der Waals surface area (Å²) in [4.78, 5) is 117. The van der Waals surface area contributed by atoms with Gasteiger partial charge in [0.05, 0.1) is 51.0 Å². The van der Waals surface area contributed by atoms with Gasteiger partial charge < -0.3 is 77.7 Å². The quantitative estimate of drug-likeness (QED) is 0.0192. The molecular weight excluding hydrogens is 1510 g/mol. The van der Waals surface area contributed by atoms with Crippen LogP contribution in [0.1, 0.15) is 151 Å². The normalized spacial score (nSPS) is 11.9. The zero-order valence-electron chi connectivity index (χ0n) is 66.3. The molecule has 0 saturated heterocycles. The Hall–Kier alpha value is -13.8. The van der Waals surface area contributed by atoms with Gasteiger partial charge in [-0.15, -0.1) is 0 Å². The molecule has 118 heavy (non-hydrogen) atoms. The SMILES string of the molecule is CCOC(=O)COc1c2cccc1Cc1cccc(c1OCC(=O)OCC)Cc1cccc(c1OCC(=O)OCC)Cc1cc(NC(=O)c3ccnc(-c4cc(C(=O)Nc5cc6c(O)c(c5)Cc5cccc(c5OCC(=O)OCC)Cc5cccc(c5OCC(=O)OCC)Cc5cccc(c5OCC(=O)OCC)C6)ccn4)c3)cc(c1O)C2. The molecule has 4 N–H and O–H groups in total. The monoisotopic (exact) mass is 1600 g/mol. The van der Waals surface area contributed by atoms with Gasteiger partial charge in [0, 0.05) is 109 Å². The molecule has 2 aromatic heterocycles. The molecule has 26 heteroatoms. The van der Waals surface area contributed by atoms with Crippen LogP contribution in [0.5, 0.6) is 46.0 Å². The second-order valence-corrected chi connectivity index (χ2v) is 27.5. The molecule has 2 amide bonds. The largest absolute Gasteiger partial charge is 0.507 e. The highest BCUT2D eigenvalue weighted by Crippen LogP contribution is 2.43. The number of para-hydroxylation sites is 6. The van der Waals surface area contributed by atoms with Gasteiger partial charge >= 0.3 is 35.8 Å². The van der Waals surface area contributed by atoms with Crippen LogP contribution >= 0.6 is 0 Å². The van der Waals surface area contributed by atoms with E-state index in [1.807, 2.05) is 84.9 Å². The van der Waals surface area contributed by atoms with E-state index in [2.05, 4.69) is 20.6 Å². The Morgan fingerprint density at radius 3 is 0.653 bits per heavy atom. The fourth-order valence-corrected chi connectivity index (χ4v) is 14.3. The predicted molar refractivity (Wildman–Crippen MR) is 433 cm³/mol. The molecule has 2 aliphatic carbocycles. The number of phenolic OH excluding ortho intramolecular Hbond substituents is 2. The summed E-state index contributed by atoms with van der Waals surface area (Å²) in [5.74, 6) is -3.06. The number of ether oxygens (including phenoxy) is 12. The number of carbonyl (C=O) groups excluding carboxylic acids is 8. The van der Waals surface area contributed by atoms with Crippen LogP contribution in [0.2, 0.25) is 0 Å². The number of anilines is 2. The average Bonchev–Trinajstić information content (AvgIpc) is 0.785. The van der Waals surface area contributed by atoms with Crippen LogP contribution in [-0.2, 0) is 109 Å². The van der Waals surface area contributed by atoms with Gasteiger partial charge in [-0.25, -0.2) is 28.8 Å². The molecule has 10 aromatic rings. The van der Waals surface area contributed by atoms with Gasteiger partial charge in [-0.3, -0.25) is 19.6 Å². The Bertz CT molecular complexity index is 4840. The number of benzene rings is 8. The first kappa shape index (κ1) is 83.6. The van der Waals surface area contributed by atoms with E-state index in [-0.39, 0.29) is 136 Å². The number of nitrogens with one attached hydrogen (secondary N) is 2. The number of hydrogen-bond donors (Lipinski definition) is 4. The summed E-state index contributed by atoms with van der Waals surface area (Å²) in [7, 11) is 0. The number of esters is 6. The molecule has 2 aliphatic rings. The van der Waals surface area contributed by atoms with E-state index < -0.39 is 87.3 Å². The minimum atomic E-state index is -0.619. The van der Waals surface area contributed by atoms with Crippen molar-refractivity contribution in [3.8, 4) is 57.4 Å². The zero-order chi connectivity index (χ0) is 83.2. The van der Waals surface area contributed by atoms with Crippen LogP contribution in [0.25, 0.3) is 11.4 Å². The Balaban J connectivity index is 0.881.